The first-order valence-corrected chi connectivity index (χ1v) is 13.9. The van der Waals surface area contributed by atoms with E-state index in [0.717, 1.165) is 11.3 Å². The first-order chi connectivity index (χ1) is 18.0. The van der Waals surface area contributed by atoms with Gasteiger partial charge in [0.15, 0.2) is 5.13 Å². The largest absolute Gasteiger partial charge is 0.433 e. The van der Waals surface area contributed by atoms with Crippen LogP contribution in [0.25, 0.3) is 0 Å². The highest BCUT2D eigenvalue weighted by Gasteiger charge is 2.24. The molecule has 0 fully saturated rings. The number of nitriles is 1. The van der Waals surface area contributed by atoms with Crippen LogP contribution in [0.1, 0.15) is 32.9 Å². The highest BCUT2D eigenvalue weighted by Crippen LogP contribution is 2.35. The predicted octanol–water partition coefficient (Wildman–Crippen LogP) is 5.01. The summed E-state index contributed by atoms with van der Waals surface area (Å²) in [6, 6.07) is 13.0. The molecule has 0 bridgehead atoms. The molecule has 0 unspecified atom stereocenters. The molecule has 0 atom stereocenters. The molecule has 14 heteroatoms. The molecule has 3 aromatic rings. The molecule has 1 N–H and O–H groups in total. The quantitative estimate of drug-likeness (QED) is 0.295. The minimum absolute atomic E-state index is 0.0170. The number of aryl methyl sites for hydroxylation is 1. The van der Waals surface area contributed by atoms with Crippen molar-refractivity contribution in [1.29, 1.82) is 5.26 Å². The lowest BCUT2D eigenvalue weighted by molar-refractivity contribution is -0.0498. The van der Waals surface area contributed by atoms with Crippen molar-refractivity contribution in [1.82, 2.24) is 9.71 Å². The number of halogens is 3. The normalized spacial score (nSPS) is 11.3. The summed E-state index contributed by atoms with van der Waals surface area (Å²) in [6.45, 7) is -1.00. The van der Waals surface area contributed by atoms with E-state index in [1.165, 1.54) is 19.2 Å². The molecule has 3 rings (SSSR count). The molecule has 0 radical (unpaired) electrons. The third-order valence-corrected chi connectivity index (χ3v) is 7.71. The fourth-order valence-electron chi connectivity index (χ4n) is 3.34. The zero-order valence-corrected chi connectivity index (χ0v) is 22.7. The fraction of sp³-hybridized carbons (Fsp3) is 0.292. The van der Waals surface area contributed by atoms with Crippen molar-refractivity contribution in [2.45, 2.75) is 26.5 Å². The molecule has 9 nitrogen and oxygen atoms in total. The Bertz CT molecular complexity index is 1430. The van der Waals surface area contributed by atoms with Crippen molar-refractivity contribution in [3.63, 3.8) is 0 Å². The summed E-state index contributed by atoms with van der Waals surface area (Å²) in [5.74, 6) is -1.32. The molecule has 38 heavy (non-hydrogen) atoms. The summed E-state index contributed by atoms with van der Waals surface area (Å²) in [6.07, 6.45) is 0.219. The number of alkyl halides is 2. The van der Waals surface area contributed by atoms with E-state index in [1.54, 1.807) is 42.2 Å². The Hall–Kier alpha value is -3.31. The van der Waals surface area contributed by atoms with Crippen LogP contribution in [0.2, 0.25) is 5.02 Å². The lowest BCUT2D eigenvalue weighted by Gasteiger charge is -2.22. The standard InChI is InChI=1S/C24H23ClF2N4O5S2/c1-15-21(22(32)30-38(33,34)11-3-10-35-2)29-24(37-15)31(18-7-4-16(13-28)5-8-18)14-17-6-9-20(19(25)12-17)36-23(26)27/h4-9,12,23H,3,10-11,14H2,1-2H3,(H,30,32). The number of benzene rings is 2. The smallest absolute Gasteiger partial charge is 0.387 e. The molecular weight excluding hydrogens is 562 g/mol. The van der Waals surface area contributed by atoms with Gasteiger partial charge in [0.05, 0.1) is 29.0 Å². The van der Waals surface area contributed by atoms with Crippen LogP contribution in [0.15, 0.2) is 42.5 Å². The molecule has 0 spiro atoms. The summed E-state index contributed by atoms with van der Waals surface area (Å²) in [4.78, 5) is 19.4. The van der Waals surface area contributed by atoms with E-state index in [0.29, 0.717) is 26.8 Å². The molecule has 0 saturated carbocycles. The summed E-state index contributed by atoms with van der Waals surface area (Å²) in [7, 11) is -2.45. The Morgan fingerprint density at radius 1 is 1.26 bits per heavy atom. The van der Waals surface area contributed by atoms with Crippen molar-refractivity contribution < 1.29 is 31.5 Å². The maximum Gasteiger partial charge on any atom is 0.387 e. The van der Waals surface area contributed by atoms with E-state index in [1.807, 2.05) is 10.8 Å². The Balaban J connectivity index is 1.93. The van der Waals surface area contributed by atoms with E-state index in [4.69, 9.17) is 21.6 Å². The first-order valence-electron chi connectivity index (χ1n) is 11.0. The van der Waals surface area contributed by atoms with Gasteiger partial charge in [0, 0.05) is 24.3 Å². The van der Waals surface area contributed by atoms with Crippen molar-refractivity contribution in [3.05, 3.63) is 69.2 Å². The number of rotatable bonds is 12. The Labute approximate surface area is 227 Å². The van der Waals surface area contributed by atoms with E-state index < -0.39 is 22.5 Å². The number of thiazole rings is 1. The Morgan fingerprint density at radius 2 is 1.97 bits per heavy atom. The number of sulfonamides is 1. The van der Waals surface area contributed by atoms with Crippen LogP contribution in [0.3, 0.4) is 0 Å². The van der Waals surface area contributed by atoms with Crippen LogP contribution in [0.4, 0.5) is 19.6 Å². The van der Waals surface area contributed by atoms with Gasteiger partial charge in [0.25, 0.3) is 5.91 Å². The Morgan fingerprint density at radius 3 is 2.58 bits per heavy atom. The molecule has 0 aliphatic heterocycles. The lowest BCUT2D eigenvalue weighted by Crippen LogP contribution is -2.33. The summed E-state index contributed by atoms with van der Waals surface area (Å²) >= 11 is 7.28. The van der Waals surface area contributed by atoms with E-state index in [2.05, 4.69) is 9.72 Å². The second-order valence-corrected chi connectivity index (χ2v) is 11.3. The van der Waals surface area contributed by atoms with Gasteiger partial charge in [0.1, 0.15) is 11.4 Å². The third-order valence-electron chi connectivity index (χ3n) is 5.10. The molecule has 0 saturated heterocycles. The monoisotopic (exact) mass is 584 g/mol. The minimum Gasteiger partial charge on any atom is -0.433 e. The van der Waals surface area contributed by atoms with Crippen LogP contribution in [0, 0.1) is 18.3 Å². The average Bonchev–Trinajstić information content (AvgIpc) is 3.25. The fourth-order valence-corrected chi connectivity index (χ4v) is 5.50. The average molecular weight is 585 g/mol. The second kappa shape index (κ2) is 13.0. The van der Waals surface area contributed by atoms with Crippen LogP contribution < -0.4 is 14.4 Å². The number of anilines is 2. The topological polar surface area (TPSA) is 122 Å². The molecule has 1 heterocycles. The number of hydrogen-bond donors (Lipinski definition) is 1. The molecule has 1 amide bonds. The third kappa shape index (κ3) is 7.84. The number of aromatic nitrogens is 1. The van der Waals surface area contributed by atoms with Gasteiger partial charge >= 0.3 is 6.61 Å². The number of methoxy groups -OCH3 is 1. The number of carbonyl (C=O) groups excluding carboxylic acids is 1. The maximum atomic E-state index is 12.8. The van der Waals surface area contributed by atoms with Gasteiger partial charge in [-0.25, -0.2) is 18.1 Å². The van der Waals surface area contributed by atoms with Gasteiger partial charge in [-0.3, -0.25) is 4.79 Å². The van der Waals surface area contributed by atoms with Gasteiger partial charge in [-0.2, -0.15) is 14.0 Å². The molecule has 2 aromatic carbocycles. The number of nitrogens with zero attached hydrogens (tertiary/aromatic N) is 3. The zero-order chi connectivity index (χ0) is 27.9. The van der Waals surface area contributed by atoms with Crippen LogP contribution >= 0.6 is 22.9 Å². The first kappa shape index (κ1) is 29.2. The van der Waals surface area contributed by atoms with E-state index in [9.17, 15) is 22.0 Å². The second-order valence-electron chi connectivity index (χ2n) is 7.89. The van der Waals surface area contributed by atoms with Gasteiger partial charge < -0.3 is 14.4 Å². The van der Waals surface area contributed by atoms with Crippen molar-refractivity contribution in [3.8, 4) is 11.8 Å². The van der Waals surface area contributed by atoms with Crippen molar-refractivity contribution >= 4 is 49.7 Å². The van der Waals surface area contributed by atoms with Crippen LogP contribution in [0.5, 0.6) is 5.75 Å². The van der Waals surface area contributed by atoms with E-state index >= 15 is 0 Å². The molecule has 1 aromatic heterocycles. The highest BCUT2D eigenvalue weighted by molar-refractivity contribution is 7.90. The summed E-state index contributed by atoms with van der Waals surface area (Å²) in [5.41, 5.74) is 1.60. The van der Waals surface area contributed by atoms with Gasteiger partial charge in [0.2, 0.25) is 10.0 Å². The van der Waals surface area contributed by atoms with Crippen LogP contribution in [-0.2, 0) is 21.3 Å². The van der Waals surface area contributed by atoms with Crippen LogP contribution in [-0.4, -0.2) is 45.4 Å². The SMILES string of the molecule is COCCCS(=O)(=O)NC(=O)c1nc(N(Cc2ccc(OC(F)F)c(Cl)c2)c2ccc(C#N)cc2)sc1C. The molecule has 0 aliphatic carbocycles. The predicted molar refractivity (Wildman–Crippen MR) is 140 cm³/mol. The number of hydrogen-bond acceptors (Lipinski definition) is 9. The number of amides is 1. The van der Waals surface area contributed by atoms with E-state index in [-0.39, 0.29) is 41.8 Å². The number of carbonyl (C=O) groups is 1. The summed E-state index contributed by atoms with van der Waals surface area (Å²) in [5, 5.41) is 9.49. The molecular formula is C24H23ClF2N4O5S2. The van der Waals surface area contributed by atoms with Gasteiger partial charge in [-0.05, 0) is 55.3 Å². The lowest BCUT2D eigenvalue weighted by atomic mass is 10.1. The number of nitrogens with one attached hydrogen (secondary N) is 1. The maximum absolute atomic E-state index is 12.8. The van der Waals surface area contributed by atoms with Gasteiger partial charge in [-0.1, -0.05) is 17.7 Å². The van der Waals surface area contributed by atoms with Crippen molar-refractivity contribution in [2.24, 2.45) is 0 Å². The zero-order valence-electron chi connectivity index (χ0n) is 20.3. The number of ether oxygens (including phenoxy) is 2. The Kier molecular flexibility index (Phi) is 9.98. The van der Waals surface area contributed by atoms with Crippen molar-refractivity contribution in [2.75, 3.05) is 24.4 Å². The minimum atomic E-state index is -3.89. The van der Waals surface area contributed by atoms with Gasteiger partial charge in [-0.15, -0.1) is 11.3 Å². The molecule has 0 aliphatic rings. The summed E-state index contributed by atoms with van der Waals surface area (Å²) < 4.78 is 61.0. The molecule has 202 valence electrons. The highest BCUT2D eigenvalue weighted by atomic mass is 35.5.